The van der Waals surface area contributed by atoms with E-state index < -0.39 is 5.41 Å². The summed E-state index contributed by atoms with van der Waals surface area (Å²) in [5.74, 6) is 0.782. The van der Waals surface area contributed by atoms with E-state index in [9.17, 15) is 4.79 Å². The molecule has 0 bridgehead atoms. The number of carbonyl (C=O) groups excluding carboxylic acids is 1. The maximum Gasteiger partial charge on any atom is 0.228 e. The maximum absolute atomic E-state index is 15.4. The second-order valence-corrected chi connectivity index (χ2v) is 11.5. The highest BCUT2D eigenvalue weighted by Crippen LogP contribution is 2.45. The molecule has 2 aromatic rings. The van der Waals surface area contributed by atoms with Gasteiger partial charge >= 0.3 is 0 Å². The van der Waals surface area contributed by atoms with Gasteiger partial charge in [-0.3, -0.25) is 4.79 Å². The second-order valence-electron chi connectivity index (χ2n) is 11.5. The van der Waals surface area contributed by atoms with Gasteiger partial charge in [0.25, 0.3) is 0 Å². The highest BCUT2D eigenvalue weighted by molar-refractivity contribution is 5.82. The molecule has 36 heavy (non-hydrogen) atoms. The summed E-state index contributed by atoms with van der Waals surface area (Å²) in [6.45, 7) is 2.94. The predicted molar refractivity (Wildman–Crippen MR) is 139 cm³/mol. The van der Waals surface area contributed by atoms with Gasteiger partial charge < -0.3 is 15.0 Å². The molecule has 4 atom stereocenters. The lowest BCUT2D eigenvalue weighted by Crippen LogP contribution is -2.55. The van der Waals surface area contributed by atoms with Gasteiger partial charge in [0.2, 0.25) is 5.91 Å². The number of hydrogen-bond acceptors (Lipinski definition) is 3. The van der Waals surface area contributed by atoms with Crippen LogP contribution in [0.4, 0.5) is 4.39 Å². The van der Waals surface area contributed by atoms with Crippen LogP contribution in [-0.4, -0.2) is 49.7 Å². The first-order valence-electron chi connectivity index (χ1n) is 14.1. The average molecular weight is 491 g/mol. The molecule has 1 N–H and O–H groups in total. The molecule has 2 aromatic carbocycles. The fourth-order valence-electron chi connectivity index (χ4n) is 7.80. The molecule has 3 fully saturated rings. The zero-order chi connectivity index (χ0) is 24.5. The largest absolute Gasteiger partial charge is 0.380 e. The smallest absolute Gasteiger partial charge is 0.228 e. The number of ether oxygens (including phenoxy) is 1. The number of carbonyl (C=O) groups is 1. The monoisotopic (exact) mass is 490 g/mol. The SMILES string of the molecule is O=C([C@@H]1CNC[C@]12COCCc1cccc(F)c12)N1CC[C@@H](c2ccccc2)C[C@H]1C1CCCCC1. The summed E-state index contributed by atoms with van der Waals surface area (Å²) in [6.07, 6.45) is 8.99. The number of rotatable bonds is 3. The first-order valence-corrected chi connectivity index (χ1v) is 14.1. The molecule has 0 unspecified atom stereocenters. The van der Waals surface area contributed by atoms with Crippen LogP contribution >= 0.6 is 0 Å². The zero-order valence-corrected chi connectivity index (χ0v) is 21.3. The lowest BCUT2D eigenvalue weighted by Gasteiger charge is -2.47. The van der Waals surface area contributed by atoms with Crippen LogP contribution in [-0.2, 0) is 21.4 Å². The van der Waals surface area contributed by atoms with Crippen LogP contribution in [0.3, 0.4) is 0 Å². The molecule has 1 amide bonds. The summed E-state index contributed by atoms with van der Waals surface area (Å²) in [5.41, 5.74) is 2.49. The van der Waals surface area contributed by atoms with Crippen molar-refractivity contribution < 1.29 is 13.9 Å². The van der Waals surface area contributed by atoms with E-state index in [2.05, 4.69) is 40.5 Å². The molecule has 4 aliphatic rings. The molecule has 1 spiro atoms. The van der Waals surface area contributed by atoms with Crippen LogP contribution in [0.5, 0.6) is 0 Å². The van der Waals surface area contributed by atoms with Crippen molar-refractivity contribution in [3.63, 3.8) is 0 Å². The highest BCUT2D eigenvalue weighted by Gasteiger charge is 2.53. The molecule has 0 aromatic heterocycles. The standard InChI is InChI=1S/C31H39FN2O2/c32-27-13-7-12-24-15-17-36-21-31(29(24)27)20-33-19-26(31)30(35)34-16-14-25(22-8-3-1-4-9-22)18-28(34)23-10-5-2-6-11-23/h1,3-4,7-9,12-13,23,25-26,28,33H,2,5-6,10-11,14-21H2/t25-,26+,28+,31+/m1/s1. The van der Waals surface area contributed by atoms with Crippen LogP contribution in [0.25, 0.3) is 0 Å². The van der Waals surface area contributed by atoms with Gasteiger partial charge in [-0.05, 0) is 61.1 Å². The van der Waals surface area contributed by atoms with E-state index in [1.165, 1.54) is 37.7 Å². The summed E-state index contributed by atoms with van der Waals surface area (Å²) >= 11 is 0. The van der Waals surface area contributed by atoms with Gasteiger partial charge in [-0.2, -0.15) is 0 Å². The number of nitrogens with zero attached hydrogens (tertiary/aromatic N) is 1. The number of likely N-dealkylation sites (tertiary alicyclic amines) is 1. The molecule has 192 valence electrons. The Morgan fingerprint density at radius 3 is 2.69 bits per heavy atom. The van der Waals surface area contributed by atoms with E-state index >= 15 is 4.39 Å². The fourth-order valence-corrected chi connectivity index (χ4v) is 7.80. The first kappa shape index (κ1) is 24.1. The predicted octanol–water partition coefficient (Wildman–Crippen LogP) is 5.21. The highest BCUT2D eigenvalue weighted by atomic mass is 19.1. The van der Waals surface area contributed by atoms with Crippen molar-refractivity contribution in [3.8, 4) is 0 Å². The fraction of sp³-hybridized carbons (Fsp3) is 0.581. The number of fused-ring (bicyclic) bond motifs is 2. The summed E-state index contributed by atoms with van der Waals surface area (Å²) in [7, 11) is 0. The number of hydrogen-bond donors (Lipinski definition) is 1. The Labute approximate surface area is 214 Å². The number of halogens is 1. The van der Waals surface area contributed by atoms with E-state index in [0.29, 0.717) is 44.6 Å². The third kappa shape index (κ3) is 4.28. The summed E-state index contributed by atoms with van der Waals surface area (Å²) < 4.78 is 21.5. The van der Waals surface area contributed by atoms with Gasteiger partial charge in [0, 0.05) is 36.7 Å². The van der Waals surface area contributed by atoms with Crippen LogP contribution in [0.15, 0.2) is 48.5 Å². The summed E-state index contributed by atoms with van der Waals surface area (Å²) in [6, 6.07) is 16.5. The lowest BCUT2D eigenvalue weighted by molar-refractivity contribution is -0.143. The van der Waals surface area contributed by atoms with E-state index in [1.807, 2.05) is 6.07 Å². The van der Waals surface area contributed by atoms with Crippen molar-refractivity contribution in [2.24, 2.45) is 11.8 Å². The number of nitrogens with one attached hydrogen (secondary N) is 1. The molecular formula is C31H39FN2O2. The first-order chi connectivity index (χ1) is 17.7. The van der Waals surface area contributed by atoms with Crippen molar-refractivity contribution in [2.45, 2.75) is 68.7 Å². The molecule has 4 nitrogen and oxygen atoms in total. The Balaban J connectivity index is 1.33. The molecule has 1 aliphatic carbocycles. The third-order valence-electron chi connectivity index (χ3n) is 9.62. The van der Waals surface area contributed by atoms with E-state index in [0.717, 1.165) is 30.5 Å². The topological polar surface area (TPSA) is 41.6 Å². The van der Waals surface area contributed by atoms with Crippen LogP contribution in [0.2, 0.25) is 0 Å². The van der Waals surface area contributed by atoms with Gasteiger partial charge in [0.05, 0.1) is 19.1 Å². The molecule has 2 saturated heterocycles. The van der Waals surface area contributed by atoms with E-state index in [-0.39, 0.29) is 23.7 Å². The zero-order valence-electron chi connectivity index (χ0n) is 21.3. The van der Waals surface area contributed by atoms with Gasteiger partial charge in [0.1, 0.15) is 5.82 Å². The number of piperidine rings is 1. The Morgan fingerprint density at radius 1 is 1.03 bits per heavy atom. The minimum atomic E-state index is -0.637. The Kier molecular flexibility index (Phi) is 6.87. The van der Waals surface area contributed by atoms with Crippen LogP contribution < -0.4 is 5.32 Å². The number of amides is 1. The molecule has 6 rings (SSSR count). The van der Waals surface area contributed by atoms with Crippen molar-refractivity contribution >= 4 is 5.91 Å². The van der Waals surface area contributed by atoms with Crippen LogP contribution in [0.1, 0.15) is 67.6 Å². The third-order valence-corrected chi connectivity index (χ3v) is 9.62. The van der Waals surface area contributed by atoms with Gasteiger partial charge in [0.15, 0.2) is 0 Å². The van der Waals surface area contributed by atoms with Crippen molar-refractivity contribution in [3.05, 3.63) is 71.0 Å². The van der Waals surface area contributed by atoms with Gasteiger partial charge in [-0.1, -0.05) is 61.7 Å². The Morgan fingerprint density at radius 2 is 1.86 bits per heavy atom. The quantitative estimate of drug-likeness (QED) is 0.642. The van der Waals surface area contributed by atoms with Gasteiger partial charge in [-0.25, -0.2) is 4.39 Å². The van der Waals surface area contributed by atoms with Crippen molar-refractivity contribution in [1.82, 2.24) is 10.2 Å². The molecule has 0 radical (unpaired) electrons. The maximum atomic E-state index is 15.4. The van der Waals surface area contributed by atoms with Crippen molar-refractivity contribution in [2.75, 3.05) is 32.8 Å². The molecule has 5 heteroatoms. The molecule has 3 aliphatic heterocycles. The van der Waals surface area contributed by atoms with E-state index in [1.54, 1.807) is 12.1 Å². The average Bonchev–Trinajstić information content (AvgIpc) is 3.25. The number of benzene rings is 2. The van der Waals surface area contributed by atoms with Crippen molar-refractivity contribution in [1.29, 1.82) is 0 Å². The molecular weight excluding hydrogens is 451 g/mol. The van der Waals surface area contributed by atoms with Crippen LogP contribution in [0, 0.1) is 17.7 Å². The second kappa shape index (κ2) is 10.3. The normalized spacial score (nSPS) is 31.2. The lowest BCUT2D eigenvalue weighted by atomic mass is 9.69. The minimum absolute atomic E-state index is 0.189. The van der Waals surface area contributed by atoms with Gasteiger partial charge in [-0.15, -0.1) is 0 Å². The Hall–Kier alpha value is -2.24. The summed E-state index contributed by atoms with van der Waals surface area (Å²) in [5, 5.41) is 3.48. The molecule has 1 saturated carbocycles. The minimum Gasteiger partial charge on any atom is -0.380 e. The summed E-state index contributed by atoms with van der Waals surface area (Å²) in [4.78, 5) is 16.7. The Bertz CT molecular complexity index is 1070. The van der Waals surface area contributed by atoms with E-state index in [4.69, 9.17) is 4.74 Å². The molecule has 3 heterocycles.